The summed E-state index contributed by atoms with van der Waals surface area (Å²) in [7, 11) is 0. The molecule has 1 rings (SSSR count). The first-order valence-corrected chi connectivity index (χ1v) is 6.11. The highest BCUT2D eigenvalue weighted by molar-refractivity contribution is 7.98. The molecule has 0 heterocycles. The van der Waals surface area contributed by atoms with Crippen molar-refractivity contribution in [1.29, 1.82) is 0 Å². The first-order valence-electron chi connectivity index (χ1n) is 4.96. The Bertz CT molecular complexity index is 355. The van der Waals surface area contributed by atoms with Gasteiger partial charge in [-0.3, -0.25) is 0 Å². The molecule has 0 amide bonds. The summed E-state index contributed by atoms with van der Waals surface area (Å²) in [4.78, 5) is 0. The molecule has 0 radical (unpaired) electrons. The molecule has 0 fully saturated rings. The number of rotatable bonds is 5. The third kappa shape index (κ3) is 4.97. The minimum absolute atomic E-state index is 0.298. The van der Waals surface area contributed by atoms with Gasteiger partial charge in [-0.15, -0.1) is 0 Å². The van der Waals surface area contributed by atoms with Gasteiger partial charge in [0.25, 0.3) is 0 Å². The van der Waals surface area contributed by atoms with Gasteiger partial charge in [-0.25, -0.2) is 0 Å². The molecular weight excluding hydrogens is 253 g/mol. The predicted octanol–water partition coefficient (Wildman–Crippen LogP) is 2.29. The molecule has 6 heteroatoms. The standard InChI is InChI=1S/C11H13F3O2S/c12-11(13,14)9-3-1-2-8(4-9)6-17-7-10(16)5-15/h1-4,10,15-16H,5-7H2/t10-/m1/s1. The van der Waals surface area contributed by atoms with Crippen LogP contribution in [0.4, 0.5) is 13.2 Å². The van der Waals surface area contributed by atoms with Crippen LogP contribution in [0.15, 0.2) is 24.3 Å². The van der Waals surface area contributed by atoms with Gasteiger partial charge in [0.2, 0.25) is 0 Å². The molecule has 0 aliphatic heterocycles. The van der Waals surface area contributed by atoms with E-state index in [2.05, 4.69) is 0 Å². The van der Waals surface area contributed by atoms with Crippen LogP contribution in [0.25, 0.3) is 0 Å². The lowest BCUT2D eigenvalue weighted by Crippen LogP contribution is -2.14. The molecule has 1 aromatic rings. The Morgan fingerprint density at radius 1 is 1.29 bits per heavy atom. The van der Waals surface area contributed by atoms with E-state index in [1.165, 1.54) is 17.8 Å². The fourth-order valence-electron chi connectivity index (χ4n) is 1.20. The highest BCUT2D eigenvalue weighted by atomic mass is 32.2. The molecule has 1 aromatic carbocycles. The molecule has 0 unspecified atom stereocenters. The third-order valence-electron chi connectivity index (χ3n) is 2.04. The lowest BCUT2D eigenvalue weighted by atomic mass is 10.1. The highest BCUT2D eigenvalue weighted by Crippen LogP contribution is 2.30. The Morgan fingerprint density at radius 2 is 2.00 bits per heavy atom. The van der Waals surface area contributed by atoms with E-state index in [0.717, 1.165) is 12.1 Å². The zero-order valence-corrected chi connectivity index (χ0v) is 9.76. The van der Waals surface area contributed by atoms with Gasteiger partial charge in [-0.2, -0.15) is 24.9 Å². The molecule has 0 spiro atoms. The third-order valence-corrected chi connectivity index (χ3v) is 3.20. The predicted molar refractivity (Wildman–Crippen MR) is 60.7 cm³/mol. The number of benzene rings is 1. The van der Waals surface area contributed by atoms with Crippen molar-refractivity contribution in [2.24, 2.45) is 0 Å². The SMILES string of the molecule is OC[C@@H](O)CSCc1cccc(C(F)(F)F)c1. The molecule has 2 nitrogen and oxygen atoms in total. The summed E-state index contributed by atoms with van der Waals surface area (Å²) in [6, 6.07) is 5.09. The van der Waals surface area contributed by atoms with Crippen molar-refractivity contribution in [3.8, 4) is 0 Å². The molecule has 0 aliphatic carbocycles. The molecule has 0 bridgehead atoms. The maximum absolute atomic E-state index is 12.4. The van der Waals surface area contributed by atoms with Crippen molar-refractivity contribution in [2.75, 3.05) is 12.4 Å². The smallest absolute Gasteiger partial charge is 0.394 e. The van der Waals surface area contributed by atoms with Gasteiger partial charge in [-0.1, -0.05) is 18.2 Å². The first kappa shape index (κ1) is 14.3. The van der Waals surface area contributed by atoms with Crippen molar-refractivity contribution in [2.45, 2.75) is 18.0 Å². The maximum atomic E-state index is 12.4. The van der Waals surface area contributed by atoms with Gasteiger partial charge < -0.3 is 10.2 Å². The van der Waals surface area contributed by atoms with Gasteiger partial charge in [0.1, 0.15) is 0 Å². The molecule has 17 heavy (non-hydrogen) atoms. The summed E-state index contributed by atoms with van der Waals surface area (Å²) in [5.41, 5.74) is -0.117. The van der Waals surface area contributed by atoms with Crippen LogP contribution in [0.1, 0.15) is 11.1 Å². The average molecular weight is 266 g/mol. The number of hydrogen-bond acceptors (Lipinski definition) is 3. The van der Waals surface area contributed by atoms with Crippen molar-refractivity contribution in [1.82, 2.24) is 0 Å². The summed E-state index contributed by atoms with van der Waals surface area (Å²) in [5.74, 6) is 0.674. The van der Waals surface area contributed by atoms with Crippen molar-refractivity contribution < 1.29 is 23.4 Å². The Morgan fingerprint density at radius 3 is 2.59 bits per heavy atom. The van der Waals surface area contributed by atoms with E-state index >= 15 is 0 Å². The quantitative estimate of drug-likeness (QED) is 0.859. The first-order chi connectivity index (χ1) is 7.93. The lowest BCUT2D eigenvalue weighted by molar-refractivity contribution is -0.137. The number of alkyl halides is 3. The average Bonchev–Trinajstić information content (AvgIpc) is 2.28. The number of aliphatic hydroxyl groups is 2. The molecule has 0 saturated heterocycles. The number of halogens is 3. The van der Waals surface area contributed by atoms with Gasteiger partial charge in [-0.05, 0) is 11.6 Å². The molecule has 0 saturated carbocycles. The molecule has 0 aliphatic rings. The normalized spacial score (nSPS) is 13.7. The highest BCUT2D eigenvalue weighted by Gasteiger charge is 2.30. The minimum Gasteiger partial charge on any atom is -0.394 e. The second kappa shape index (κ2) is 6.28. The molecule has 96 valence electrons. The van der Waals surface area contributed by atoms with E-state index in [-0.39, 0.29) is 6.61 Å². The van der Waals surface area contributed by atoms with Crippen molar-refractivity contribution >= 4 is 11.8 Å². The van der Waals surface area contributed by atoms with E-state index in [1.807, 2.05) is 0 Å². The van der Waals surface area contributed by atoms with Crippen LogP contribution >= 0.6 is 11.8 Å². The van der Waals surface area contributed by atoms with E-state index in [1.54, 1.807) is 6.07 Å². The largest absolute Gasteiger partial charge is 0.416 e. The monoisotopic (exact) mass is 266 g/mol. The Kier molecular flexibility index (Phi) is 5.30. The molecule has 2 N–H and O–H groups in total. The summed E-state index contributed by atoms with van der Waals surface area (Å²) in [6.07, 6.45) is -5.16. The molecular formula is C11H13F3O2S. The van der Waals surface area contributed by atoms with Crippen molar-refractivity contribution in [3.05, 3.63) is 35.4 Å². The van der Waals surface area contributed by atoms with E-state index in [4.69, 9.17) is 10.2 Å². The fourth-order valence-corrected chi connectivity index (χ4v) is 2.11. The van der Waals surface area contributed by atoms with Gasteiger partial charge in [0.05, 0.1) is 18.3 Å². The second-order valence-corrected chi connectivity index (χ2v) is 4.58. The topological polar surface area (TPSA) is 40.5 Å². The van der Waals surface area contributed by atoms with Crippen LogP contribution < -0.4 is 0 Å². The van der Waals surface area contributed by atoms with Crippen LogP contribution in [0, 0.1) is 0 Å². The zero-order valence-electron chi connectivity index (χ0n) is 8.94. The fraction of sp³-hybridized carbons (Fsp3) is 0.455. The summed E-state index contributed by atoms with van der Waals surface area (Å²) in [6.45, 7) is -0.338. The van der Waals surface area contributed by atoms with Crippen LogP contribution in [0.2, 0.25) is 0 Å². The van der Waals surface area contributed by atoms with Gasteiger partial charge in [0.15, 0.2) is 0 Å². The summed E-state index contributed by atoms with van der Waals surface area (Å²) < 4.78 is 37.2. The van der Waals surface area contributed by atoms with Gasteiger partial charge in [0, 0.05) is 11.5 Å². The Hall–Kier alpha value is -0.720. The van der Waals surface area contributed by atoms with Crippen LogP contribution in [-0.2, 0) is 11.9 Å². The van der Waals surface area contributed by atoms with Crippen LogP contribution in [0.3, 0.4) is 0 Å². The maximum Gasteiger partial charge on any atom is 0.416 e. The van der Waals surface area contributed by atoms with E-state index in [9.17, 15) is 13.2 Å². The van der Waals surface area contributed by atoms with Crippen LogP contribution in [0.5, 0.6) is 0 Å². The number of thioether (sulfide) groups is 1. The van der Waals surface area contributed by atoms with Crippen LogP contribution in [-0.4, -0.2) is 28.7 Å². The van der Waals surface area contributed by atoms with Gasteiger partial charge >= 0.3 is 6.18 Å². The van der Waals surface area contributed by atoms with E-state index in [0.29, 0.717) is 17.1 Å². The Balaban J connectivity index is 2.55. The molecule has 0 aromatic heterocycles. The summed E-state index contributed by atoms with van der Waals surface area (Å²) in [5, 5.41) is 17.6. The van der Waals surface area contributed by atoms with Crippen molar-refractivity contribution in [3.63, 3.8) is 0 Å². The summed E-state index contributed by atoms with van der Waals surface area (Å²) >= 11 is 1.28. The minimum atomic E-state index is -4.33. The Labute approximate surface area is 101 Å². The lowest BCUT2D eigenvalue weighted by Gasteiger charge is -2.09. The number of aliphatic hydroxyl groups excluding tert-OH is 2. The van der Waals surface area contributed by atoms with E-state index < -0.39 is 17.8 Å². The second-order valence-electron chi connectivity index (χ2n) is 3.55. The number of hydrogen-bond donors (Lipinski definition) is 2. The zero-order chi connectivity index (χ0) is 12.9. The molecule has 1 atom stereocenters.